The number of aryl methyl sites for hydroxylation is 3. The van der Waals surface area contributed by atoms with Crippen molar-refractivity contribution in [1.82, 2.24) is 14.9 Å². The van der Waals surface area contributed by atoms with Gasteiger partial charge in [0.1, 0.15) is 0 Å². The number of anilines is 1. The number of nitrogens with one attached hydrogen (secondary N) is 2. The molecule has 0 fully saturated rings. The van der Waals surface area contributed by atoms with Crippen LogP contribution in [0.2, 0.25) is 0 Å². The first-order valence-corrected chi connectivity index (χ1v) is 7.53. The summed E-state index contributed by atoms with van der Waals surface area (Å²) in [4.78, 5) is 28.1. The average Bonchev–Trinajstić information content (AvgIpc) is 2.51. The molecule has 0 unspecified atom stereocenters. The Hall–Kier alpha value is -2.63. The summed E-state index contributed by atoms with van der Waals surface area (Å²) in [5, 5.41) is 5.52. The molecule has 23 heavy (non-hydrogen) atoms. The molecule has 6 nitrogen and oxygen atoms in total. The second-order valence-electron chi connectivity index (χ2n) is 5.63. The highest BCUT2D eigenvalue weighted by Crippen LogP contribution is 2.13. The quantitative estimate of drug-likeness (QED) is 0.909. The van der Waals surface area contributed by atoms with Crippen molar-refractivity contribution in [3.05, 3.63) is 57.3 Å². The molecule has 0 saturated carbocycles. The number of hydrogen-bond acceptors (Lipinski definition) is 3. The monoisotopic (exact) mass is 314 g/mol. The number of hydrogen-bond donors (Lipinski definition) is 2. The van der Waals surface area contributed by atoms with E-state index in [2.05, 4.69) is 15.6 Å². The summed E-state index contributed by atoms with van der Waals surface area (Å²) in [6.45, 7) is 8.30. The molecule has 0 saturated heterocycles. The van der Waals surface area contributed by atoms with E-state index < -0.39 is 0 Å². The fourth-order valence-corrected chi connectivity index (χ4v) is 2.12. The summed E-state index contributed by atoms with van der Waals surface area (Å²) in [5.41, 5.74) is 4.33. The lowest BCUT2D eigenvalue weighted by Gasteiger charge is -2.11. The Bertz CT molecular complexity index is 781. The Kier molecular flexibility index (Phi) is 5.16. The molecule has 1 aromatic carbocycles. The second-order valence-corrected chi connectivity index (χ2v) is 5.63. The number of rotatable bonds is 4. The first-order chi connectivity index (χ1) is 10.9. The smallest absolute Gasteiger partial charge is 0.319 e. The van der Waals surface area contributed by atoms with Gasteiger partial charge in [0, 0.05) is 30.0 Å². The Morgan fingerprint density at radius 1 is 1.17 bits per heavy atom. The highest BCUT2D eigenvalue weighted by molar-refractivity contribution is 5.89. The van der Waals surface area contributed by atoms with Gasteiger partial charge in [-0.1, -0.05) is 6.07 Å². The molecule has 2 rings (SSSR count). The van der Waals surface area contributed by atoms with E-state index in [-0.39, 0.29) is 11.6 Å². The number of amides is 2. The van der Waals surface area contributed by atoms with Crippen molar-refractivity contribution in [3.63, 3.8) is 0 Å². The van der Waals surface area contributed by atoms with Gasteiger partial charge in [-0.25, -0.2) is 9.78 Å². The van der Waals surface area contributed by atoms with Crippen LogP contribution in [0.1, 0.15) is 22.4 Å². The van der Waals surface area contributed by atoms with Crippen molar-refractivity contribution >= 4 is 11.7 Å². The van der Waals surface area contributed by atoms with Crippen molar-refractivity contribution in [2.75, 3.05) is 11.9 Å². The van der Waals surface area contributed by atoms with Crippen molar-refractivity contribution in [2.45, 2.75) is 34.2 Å². The van der Waals surface area contributed by atoms with E-state index in [4.69, 9.17) is 0 Å². The van der Waals surface area contributed by atoms with Gasteiger partial charge >= 0.3 is 6.03 Å². The van der Waals surface area contributed by atoms with Crippen molar-refractivity contribution in [1.29, 1.82) is 0 Å². The summed E-state index contributed by atoms with van der Waals surface area (Å²) in [7, 11) is 0. The third kappa shape index (κ3) is 4.18. The van der Waals surface area contributed by atoms with Crippen LogP contribution in [-0.2, 0) is 6.54 Å². The van der Waals surface area contributed by atoms with Crippen LogP contribution in [-0.4, -0.2) is 22.1 Å². The molecular weight excluding hydrogens is 292 g/mol. The first-order valence-electron chi connectivity index (χ1n) is 7.53. The van der Waals surface area contributed by atoms with Crippen molar-refractivity contribution in [3.8, 4) is 0 Å². The lowest BCUT2D eigenvalue weighted by Crippen LogP contribution is -2.34. The van der Waals surface area contributed by atoms with Crippen molar-refractivity contribution in [2.24, 2.45) is 0 Å². The molecule has 6 heteroatoms. The topological polar surface area (TPSA) is 76.0 Å². The summed E-state index contributed by atoms with van der Waals surface area (Å²) >= 11 is 0. The number of aromatic nitrogens is 2. The van der Waals surface area contributed by atoms with Gasteiger partial charge in [0.25, 0.3) is 5.56 Å². The van der Waals surface area contributed by atoms with Gasteiger partial charge in [0.2, 0.25) is 0 Å². The van der Waals surface area contributed by atoms with Crippen LogP contribution >= 0.6 is 0 Å². The van der Waals surface area contributed by atoms with Crippen LogP contribution in [0.3, 0.4) is 0 Å². The summed E-state index contributed by atoms with van der Waals surface area (Å²) in [6.07, 6.45) is 1.51. The van der Waals surface area contributed by atoms with Gasteiger partial charge in [-0.3, -0.25) is 9.36 Å². The molecular formula is C17H22N4O2. The predicted molar refractivity (Wildman–Crippen MR) is 90.9 cm³/mol. The van der Waals surface area contributed by atoms with E-state index >= 15 is 0 Å². The van der Waals surface area contributed by atoms with Gasteiger partial charge in [-0.15, -0.1) is 0 Å². The van der Waals surface area contributed by atoms with Crippen molar-refractivity contribution < 1.29 is 4.79 Å². The summed E-state index contributed by atoms with van der Waals surface area (Å²) in [6, 6.07) is 5.45. The van der Waals surface area contributed by atoms with E-state index in [1.807, 2.05) is 32.0 Å². The molecule has 2 N–H and O–H groups in total. The van der Waals surface area contributed by atoms with Gasteiger partial charge < -0.3 is 10.6 Å². The minimum Gasteiger partial charge on any atom is -0.336 e. The second kappa shape index (κ2) is 7.09. The molecule has 1 heterocycles. The lowest BCUT2D eigenvalue weighted by molar-refractivity contribution is 0.251. The van der Waals surface area contributed by atoms with Crippen LogP contribution < -0.4 is 16.2 Å². The molecule has 0 aliphatic rings. The highest BCUT2D eigenvalue weighted by atomic mass is 16.2. The molecule has 0 atom stereocenters. The molecule has 0 aliphatic heterocycles. The van der Waals surface area contributed by atoms with Gasteiger partial charge in [-0.2, -0.15) is 0 Å². The van der Waals surface area contributed by atoms with E-state index in [0.29, 0.717) is 18.7 Å². The zero-order valence-corrected chi connectivity index (χ0v) is 13.9. The van der Waals surface area contributed by atoms with Gasteiger partial charge in [0.05, 0.1) is 6.33 Å². The van der Waals surface area contributed by atoms with E-state index in [9.17, 15) is 9.59 Å². The maximum Gasteiger partial charge on any atom is 0.319 e. The van der Waals surface area contributed by atoms with Gasteiger partial charge in [-0.05, 0) is 51.0 Å². The zero-order chi connectivity index (χ0) is 17.0. The van der Waals surface area contributed by atoms with E-state index in [0.717, 1.165) is 16.9 Å². The number of carbonyl (C=O) groups is 1. The molecule has 2 aromatic rings. The Balaban J connectivity index is 1.89. The molecule has 1 aromatic heterocycles. The Morgan fingerprint density at radius 2 is 1.91 bits per heavy atom. The fourth-order valence-electron chi connectivity index (χ4n) is 2.12. The molecule has 2 amide bonds. The standard InChI is InChI=1S/C17H22N4O2/c1-11-5-6-15(9-12(11)2)20-17(23)18-7-8-21-10-19-14(4)13(3)16(21)22/h5-6,9-10H,7-8H2,1-4H3,(H2,18,20,23). The van der Waals surface area contributed by atoms with E-state index in [1.54, 1.807) is 13.8 Å². The summed E-state index contributed by atoms with van der Waals surface area (Å²) in [5.74, 6) is 0. The molecule has 0 bridgehead atoms. The maximum absolute atomic E-state index is 12.0. The van der Waals surface area contributed by atoms with Gasteiger partial charge in [0.15, 0.2) is 0 Å². The third-order valence-corrected chi connectivity index (χ3v) is 3.92. The Labute approximate surface area is 135 Å². The molecule has 0 radical (unpaired) electrons. The fraction of sp³-hybridized carbons (Fsp3) is 0.353. The third-order valence-electron chi connectivity index (χ3n) is 3.92. The largest absolute Gasteiger partial charge is 0.336 e. The number of nitrogens with zero attached hydrogens (tertiary/aromatic N) is 2. The zero-order valence-electron chi connectivity index (χ0n) is 13.9. The normalized spacial score (nSPS) is 10.4. The molecule has 0 spiro atoms. The minimum atomic E-state index is -0.293. The number of benzene rings is 1. The summed E-state index contributed by atoms with van der Waals surface area (Å²) < 4.78 is 1.50. The highest BCUT2D eigenvalue weighted by Gasteiger charge is 2.05. The SMILES string of the molecule is Cc1ccc(NC(=O)NCCn2cnc(C)c(C)c2=O)cc1C. The van der Waals surface area contributed by atoms with Crippen LogP contribution in [0.15, 0.2) is 29.3 Å². The minimum absolute atomic E-state index is 0.0751. The van der Waals surface area contributed by atoms with Crippen LogP contribution in [0.5, 0.6) is 0 Å². The number of urea groups is 1. The van der Waals surface area contributed by atoms with Crippen LogP contribution in [0.4, 0.5) is 10.5 Å². The molecule has 122 valence electrons. The maximum atomic E-state index is 12.0. The number of carbonyl (C=O) groups excluding carboxylic acids is 1. The van der Waals surface area contributed by atoms with E-state index in [1.165, 1.54) is 16.5 Å². The first kappa shape index (κ1) is 16.7. The Morgan fingerprint density at radius 3 is 2.61 bits per heavy atom. The lowest BCUT2D eigenvalue weighted by atomic mass is 10.1. The van der Waals surface area contributed by atoms with Crippen LogP contribution in [0.25, 0.3) is 0 Å². The van der Waals surface area contributed by atoms with Crippen LogP contribution in [0, 0.1) is 27.7 Å². The molecule has 0 aliphatic carbocycles. The average molecular weight is 314 g/mol. The predicted octanol–water partition coefficient (Wildman–Crippen LogP) is 2.30.